The van der Waals surface area contributed by atoms with E-state index in [0.717, 1.165) is 17.8 Å². The van der Waals surface area contributed by atoms with Crippen molar-refractivity contribution in [2.24, 2.45) is 5.92 Å². The van der Waals surface area contributed by atoms with E-state index in [4.69, 9.17) is 5.26 Å². The van der Waals surface area contributed by atoms with Crippen LogP contribution in [-0.2, 0) is 6.42 Å². The minimum Gasteiger partial charge on any atom is -0.261 e. The molecule has 1 heterocycles. The molecule has 1 rings (SSSR count). The van der Waals surface area contributed by atoms with E-state index in [1.807, 2.05) is 19.2 Å². The Bertz CT molecular complexity index is 352. The summed E-state index contributed by atoms with van der Waals surface area (Å²) in [5, 5.41) is 10.9. The number of aryl methyl sites for hydroxylation is 1. The molecule has 0 aliphatic carbocycles. The standard InChI is InChI=1S/C10H14N4/c1-7(2)4-9-5-8(3)13-10(14-9)12-6-11/h5,7H,4H2,1-3H3,(H,12,13,14). The highest BCUT2D eigenvalue weighted by Gasteiger charge is 2.03. The van der Waals surface area contributed by atoms with Gasteiger partial charge in [-0.25, -0.2) is 9.97 Å². The molecule has 0 unspecified atom stereocenters. The Morgan fingerprint density at radius 1 is 1.50 bits per heavy atom. The van der Waals surface area contributed by atoms with Crippen molar-refractivity contribution in [2.75, 3.05) is 5.32 Å². The quantitative estimate of drug-likeness (QED) is 0.584. The second kappa shape index (κ2) is 4.56. The Hall–Kier alpha value is -1.63. The van der Waals surface area contributed by atoms with Gasteiger partial charge in [0.1, 0.15) is 0 Å². The molecule has 4 nitrogen and oxygen atoms in total. The first-order valence-corrected chi connectivity index (χ1v) is 4.61. The molecule has 0 saturated carbocycles. The molecule has 1 aromatic heterocycles. The first kappa shape index (κ1) is 10.5. The van der Waals surface area contributed by atoms with Gasteiger partial charge in [-0.3, -0.25) is 5.32 Å². The van der Waals surface area contributed by atoms with Crippen LogP contribution in [-0.4, -0.2) is 9.97 Å². The Labute approximate surface area is 84.0 Å². The van der Waals surface area contributed by atoms with Crippen molar-refractivity contribution in [1.82, 2.24) is 9.97 Å². The van der Waals surface area contributed by atoms with Gasteiger partial charge in [0.25, 0.3) is 0 Å². The molecule has 0 aliphatic rings. The van der Waals surface area contributed by atoms with Crippen molar-refractivity contribution in [2.45, 2.75) is 27.2 Å². The molecule has 0 fully saturated rings. The molecule has 4 heteroatoms. The smallest absolute Gasteiger partial charge is 0.236 e. The van der Waals surface area contributed by atoms with Crippen LogP contribution < -0.4 is 5.32 Å². The normalized spacial score (nSPS) is 9.93. The summed E-state index contributed by atoms with van der Waals surface area (Å²) >= 11 is 0. The molecular weight excluding hydrogens is 176 g/mol. The van der Waals surface area contributed by atoms with E-state index >= 15 is 0 Å². The lowest BCUT2D eigenvalue weighted by Gasteiger charge is -2.06. The zero-order valence-electron chi connectivity index (χ0n) is 8.70. The number of nitrogens with one attached hydrogen (secondary N) is 1. The summed E-state index contributed by atoms with van der Waals surface area (Å²) in [4.78, 5) is 8.30. The van der Waals surface area contributed by atoms with Gasteiger partial charge in [-0.15, -0.1) is 0 Å². The maximum Gasteiger partial charge on any atom is 0.236 e. The molecule has 0 bridgehead atoms. The maximum atomic E-state index is 8.44. The van der Waals surface area contributed by atoms with E-state index in [1.165, 1.54) is 0 Å². The van der Waals surface area contributed by atoms with Gasteiger partial charge in [-0.1, -0.05) is 13.8 Å². The number of hydrogen-bond donors (Lipinski definition) is 1. The van der Waals surface area contributed by atoms with Crippen molar-refractivity contribution in [3.8, 4) is 6.19 Å². The maximum absolute atomic E-state index is 8.44. The van der Waals surface area contributed by atoms with Crippen LogP contribution in [0.4, 0.5) is 5.95 Å². The third-order valence-electron chi connectivity index (χ3n) is 1.69. The minimum atomic E-state index is 0.392. The Balaban J connectivity index is 2.90. The third-order valence-corrected chi connectivity index (χ3v) is 1.69. The highest BCUT2D eigenvalue weighted by molar-refractivity contribution is 5.32. The SMILES string of the molecule is Cc1cc(CC(C)C)nc(NC#N)n1. The van der Waals surface area contributed by atoms with Crippen LogP contribution >= 0.6 is 0 Å². The van der Waals surface area contributed by atoms with Crippen LogP contribution in [0, 0.1) is 24.3 Å². The first-order valence-electron chi connectivity index (χ1n) is 4.61. The number of nitrogens with zero attached hydrogens (tertiary/aromatic N) is 3. The Morgan fingerprint density at radius 3 is 2.79 bits per heavy atom. The molecule has 1 N–H and O–H groups in total. The van der Waals surface area contributed by atoms with E-state index in [1.54, 1.807) is 0 Å². The van der Waals surface area contributed by atoms with Crippen LogP contribution in [0.1, 0.15) is 25.2 Å². The van der Waals surface area contributed by atoms with Crippen LogP contribution in [0.2, 0.25) is 0 Å². The topological polar surface area (TPSA) is 61.6 Å². The lowest BCUT2D eigenvalue weighted by atomic mass is 10.1. The lowest BCUT2D eigenvalue weighted by Crippen LogP contribution is -2.03. The predicted molar refractivity (Wildman–Crippen MR) is 54.5 cm³/mol. The van der Waals surface area contributed by atoms with Crippen molar-refractivity contribution in [3.63, 3.8) is 0 Å². The average Bonchev–Trinajstić information content (AvgIpc) is 2.01. The third kappa shape index (κ3) is 3.02. The minimum absolute atomic E-state index is 0.392. The van der Waals surface area contributed by atoms with Crippen molar-refractivity contribution >= 4 is 5.95 Å². The summed E-state index contributed by atoms with van der Waals surface area (Å²) in [5.74, 6) is 0.947. The second-order valence-electron chi connectivity index (χ2n) is 3.66. The Kier molecular flexibility index (Phi) is 3.41. The fourth-order valence-corrected chi connectivity index (χ4v) is 1.26. The van der Waals surface area contributed by atoms with Crippen molar-refractivity contribution < 1.29 is 0 Å². The zero-order chi connectivity index (χ0) is 10.6. The summed E-state index contributed by atoms with van der Waals surface area (Å²) in [6.07, 6.45) is 2.72. The van der Waals surface area contributed by atoms with Gasteiger partial charge in [0.15, 0.2) is 6.19 Å². The number of rotatable bonds is 3. The van der Waals surface area contributed by atoms with E-state index in [2.05, 4.69) is 29.1 Å². The van der Waals surface area contributed by atoms with Crippen LogP contribution in [0.15, 0.2) is 6.07 Å². The van der Waals surface area contributed by atoms with Crippen LogP contribution in [0.25, 0.3) is 0 Å². The summed E-state index contributed by atoms with van der Waals surface area (Å²) < 4.78 is 0. The fraction of sp³-hybridized carbons (Fsp3) is 0.500. The highest BCUT2D eigenvalue weighted by Crippen LogP contribution is 2.09. The number of nitriles is 1. The second-order valence-corrected chi connectivity index (χ2v) is 3.66. The Morgan fingerprint density at radius 2 is 2.21 bits per heavy atom. The molecule has 14 heavy (non-hydrogen) atoms. The summed E-state index contributed by atoms with van der Waals surface area (Å²) in [5.41, 5.74) is 1.86. The van der Waals surface area contributed by atoms with Gasteiger partial charge in [0.05, 0.1) is 0 Å². The number of anilines is 1. The van der Waals surface area contributed by atoms with Gasteiger partial charge in [-0.2, -0.15) is 5.26 Å². The van der Waals surface area contributed by atoms with Crippen LogP contribution in [0.3, 0.4) is 0 Å². The van der Waals surface area contributed by atoms with Crippen molar-refractivity contribution in [3.05, 3.63) is 17.5 Å². The summed E-state index contributed by atoms with van der Waals surface area (Å²) in [6, 6.07) is 1.95. The van der Waals surface area contributed by atoms with E-state index in [9.17, 15) is 0 Å². The molecule has 1 aromatic rings. The molecule has 74 valence electrons. The highest BCUT2D eigenvalue weighted by atomic mass is 15.1. The van der Waals surface area contributed by atoms with Crippen LogP contribution in [0.5, 0.6) is 0 Å². The summed E-state index contributed by atoms with van der Waals surface area (Å²) in [7, 11) is 0. The first-order chi connectivity index (χ1) is 6.61. The average molecular weight is 190 g/mol. The predicted octanol–water partition coefficient (Wildman–Crippen LogP) is 1.88. The number of aromatic nitrogens is 2. The lowest BCUT2D eigenvalue weighted by molar-refractivity contribution is 0.634. The van der Waals surface area contributed by atoms with E-state index in [0.29, 0.717) is 11.9 Å². The van der Waals surface area contributed by atoms with Gasteiger partial charge >= 0.3 is 0 Å². The molecule has 0 aliphatic heterocycles. The van der Waals surface area contributed by atoms with E-state index in [-0.39, 0.29) is 0 Å². The molecule has 0 aromatic carbocycles. The van der Waals surface area contributed by atoms with Gasteiger partial charge in [-0.05, 0) is 25.3 Å². The molecule has 0 radical (unpaired) electrons. The van der Waals surface area contributed by atoms with Gasteiger partial charge < -0.3 is 0 Å². The molecule has 0 saturated heterocycles. The molecular formula is C10H14N4. The van der Waals surface area contributed by atoms with Gasteiger partial charge in [0.2, 0.25) is 5.95 Å². The number of hydrogen-bond acceptors (Lipinski definition) is 4. The van der Waals surface area contributed by atoms with E-state index < -0.39 is 0 Å². The largest absolute Gasteiger partial charge is 0.261 e. The fourth-order valence-electron chi connectivity index (χ4n) is 1.26. The zero-order valence-corrected chi connectivity index (χ0v) is 8.70. The molecule has 0 atom stereocenters. The monoisotopic (exact) mass is 190 g/mol. The molecule has 0 spiro atoms. The van der Waals surface area contributed by atoms with Crippen molar-refractivity contribution in [1.29, 1.82) is 5.26 Å². The van der Waals surface area contributed by atoms with Gasteiger partial charge in [0, 0.05) is 11.4 Å². The summed E-state index contributed by atoms with van der Waals surface area (Å²) in [6.45, 7) is 6.16. The molecule has 0 amide bonds.